The zero-order valence-electron chi connectivity index (χ0n) is 12.5. The Labute approximate surface area is 130 Å². The molecule has 108 valence electrons. The lowest BCUT2D eigenvalue weighted by molar-refractivity contribution is 0.683. The van der Waals surface area contributed by atoms with Crippen molar-refractivity contribution in [2.75, 3.05) is 6.54 Å². The van der Waals surface area contributed by atoms with E-state index in [1.54, 1.807) is 0 Å². The van der Waals surface area contributed by atoms with Gasteiger partial charge in [-0.05, 0) is 44.0 Å². The van der Waals surface area contributed by atoms with E-state index in [0.29, 0.717) is 6.54 Å². The van der Waals surface area contributed by atoms with Crippen LogP contribution in [0.1, 0.15) is 17.5 Å². The van der Waals surface area contributed by atoms with Crippen LogP contribution in [0.2, 0.25) is 0 Å². The topological polar surface area (TPSA) is 30.9 Å². The molecule has 2 N–H and O–H groups in total. The number of hydrogen-bond acceptors (Lipinski definition) is 2. The van der Waals surface area contributed by atoms with Crippen LogP contribution in [0.4, 0.5) is 0 Å². The molecule has 2 aromatic carbocycles. The van der Waals surface area contributed by atoms with Gasteiger partial charge in [0.25, 0.3) is 0 Å². The number of aryl methyl sites for hydroxylation is 3. The Kier molecular flexibility index (Phi) is 3.79. The first kappa shape index (κ1) is 14.2. The predicted octanol–water partition coefficient (Wildman–Crippen LogP) is 4.49. The molecule has 0 fully saturated rings. The maximum absolute atomic E-state index is 5.73. The van der Waals surface area contributed by atoms with E-state index in [1.807, 2.05) is 0 Å². The fraction of sp³-hybridized carbons (Fsp3) is 0.278. The van der Waals surface area contributed by atoms with Gasteiger partial charge in [-0.15, -0.1) is 0 Å². The van der Waals surface area contributed by atoms with Crippen LogP contribution in [0, 0.1) is 18.4 Å². The molecular formula is C18H20N2S. The molecular weight excluding hydrogens is 276 g/mol. The monoisotopic (exact) mass is 296 g/mol. The van der Waals surface area contributed by atoms with Gasteiger partial charge in [0.1, 0.15) is 0 Å². The van der Waals surface area contributed by atoms with E-state index < -0.39 is 0 Å². The van der Waals surface area contributed by atoms with E-state index in [1.165, 1.54) is 27.5 Å². The van der Waals surface area contributed by atoms with Crippen molar-refractivity contribution in [3.05, 3.63) is 52.0 Å². The summed E-state index contributed by atoms with van der Waals surface area (Å²) in [5.74, 6) is 0. The van der Waals surface area contributed by atoms with Crippen molar-refractivity contribution in [2.24, 2.45) is 5.73 Å². The summed E-state index contributed by atoms with van der Waals surface area (Å²) in [6.45, 7) is 5.96. The fourth-order valence-electron chi connectivity index (χ4n) is 2.98. The minimum Gasteiger partial charge on any atom is -0.340 e. The van der Waals surface area contributed by atoms with Crippen LogP contribution in [-0.4, -0.2) is 11.1 Å². The molecule has 0 spiro atoms. The Morgan fingerprint density at radius 1 is 1.05 bits per heavy atom. The number of aromatic nitrogens is 1. The average molecular weight is 296 g/mol. The lowest BCUT2D eigenvalue weighted by Gasteiger charge is -2.18. The highest BCUT2D eigenvalue weighted by atomic mass is 32.1. The molecule has 0 atom stereocenters. The van der Waals surface area contributed by atoms with E-state index in [9.17, 15) is 0 Å². The summed E-state index contributed by atoms with van der Waals surface area (Å²) in [6.07, 6.45) is 0.966. The Morgan fingerprint density at radius 3 is 2.57 bits per heavy atom. The molecule has 0 aliphatic carbocycles. The van der Waals surface area contributed by atoms with Crippen LogP contribution in [0.15, 0.2) is 36.4 Å². The van der Waals surface area contributed by atoms with Gasteiger partial charge >= 0.3 is 0 Å². The van der Waals surface area contributed by atoms with Crippen molar-refractivity contribution in [3.63, 3.8) is 0 Å². The third-order valence-electron chi connectivity index (χ3n) is 4.24. The number of nitrogens with zero attached hydrogens (tertiary/aromatic N) is 1. The van der Waals surface area contributed by atoms with Crippen LogP contribution in [-0.2, 0) is 6.54 Å². The van der Waals surface area contributed by atoms with Gasteiger partial charge in [0.2, 0.25) is 0 Å². The molecule has 0 aliphatic heterocycles. The lowest BCUT2D eigenvalue weighted by atomic mass is 10.0. The van der Waals surface area contributed by atoms with Crippen molar-refractivity contribution >= 4 is 34.0 Å². The highest BCUT2D eigenvalue weighted by Gasteiger charge is 2.11. The van der Waals surface area contributed by atoms with E-state index in [2.05, 4.69) is 54.8 Å². The average Bonchev–Trinajstić information content (AvgIpc) is 2.51. The van der Waals surface area contributed by atoms with Gasteiger partial charge in [-0.3, -0.25) is 0 Å². The molecule has 0 saturated heterocycles. The fourth-order valence-corrected chi connectivity index (χ4v) is 3.32. The Hall–Kier alpha value is -1.71. The molecule has 3 aromatic rings. The minimum atomic E-state index is 0.698. The number of benzene rings is 2. The molecule has 0 amide bonds. The van der Waals surface area contributed by atoms with Gasteiger partial charge in [0.15, 0.2) is 0 Å². The largest absolute Gasteiger partial charge is 0.340 e. The number of fused-ring (bicyclic) bond motifs is 2. The summed E-state index contributed by atoms with van der Waals surface area (Å²) in [4.78, 5) is 0. The predicted molar refractivity (Wildman–Crippen MR) is 93.4 cm³/mol. The van der Waals surface area contributed by atoms with Gasteiger partial charge in [-0.2, -0.15) is 0 Å². The van der Waals surface area contributed by atoms with Crippen molar-refractivity contribution in [1.29, 1.82) is 0 Å². The summed E-state index contributed by atoms with van der Waals surface area (Å²) in [5, 5.41) is 2.32. The number of para-hydroxylation sites is 1. The van der Waals surface area contributed by atoms with Gasteiger partial charge < -0.3 is 10.3 Å². The highest BCUT2D eigenvalue weighted by Crippen LogP contribution is 2.29. The smallest absolute Gasteiger partial charge is 0.0563 e. The van der Waals surface area contributed by atoms with Gasteiger partial charge in [0.05, 0.1) is 10.0 Å². The lowest BCUT2D eigenvalue weighted by Crippen LogP contribution is -2.09. The molecule has 0 bridgehead atoms. The molecule has 0 saturated carbocycles. The van der Waals surface area contributed by atoms with Crippen LogP contribution in [0.25, 0.3) is 21.8 Å². The van der Waals surface area contributed by atoms with Crippen molar-refractivity contribution < 1.29 is 0 Å². The maximum Gasteiger partial charge on any atom is 0.0563 e. The SMILES string of the molecule is Cc1ccc2c(=S)c3ccccc3n(CCCN)c2c1C. The molecule has 0 aliphatic rings. The molecule has 1 aromatic heterocycles. The van der Waals surface area contributed by atoms with Crippen LogP contribution >= 0.6 is 12.2 Å². The second-order valence-electron chi connectivity index (χ2n) is 5.54. The van der Waals surface area contributed by atoms with E-state index in [-0.39, 0.29) is 0 Å². The van der Waals surface area contributed by atoms with E-state index >= 15 is 0 Å². The molecule has 3 heteroatoms. The quantitative estimate of drug-likeness (QED) is 0.570. The first-order valence-corrected chi connectivity index (χ1v) is 7.77. The number of hydrogen-bond donors (Lipinski definition) is 1. The van der Waals surface area contributed by atoms with Crippen LogP contribution < -0.4 is 5.73 Å². The van der Waals surface area contributed by atoms with Crippen LogP contribution in [0.3, 0.4) is 0 Å². The van der Waals surface area contributed by atoms with Crippen LogP contribution in [0.5, 0.6) is 0 Å². The Bertz CT molecular complexity index is 878. The standard InChI is InChI=1S/C18H20N2S/c1-12-8-9-15-17(13(12)2)20(11-5-10-19)16-7-4-3-6-14(16)18(15)21/h3-4,6-9H,5,10-11,19H2,1-2H3. The molecule has 3 rings (SSSR count). The molecule has 2 nitrogen and oxygen atoms in total. The third kappa shape index (κ3) is 2.27. The van der Waals surface area contributed by atoms with Crippen molar-refractivity contribution in [3.8, 4) is 0 Å². The van der Waals surface area contributed by atoms with Gasteiger partial charge in [-0.1, -0.05) is 42.5 Å². The van der Waals surface area contributed by atoms with E-state index in [4.69, 9.17) is 18.0 Å². The van der Waals surface area contributed by atoms with Crippen molar-refractivity contribution in [2.45, 2.75) is 26.8 Å². The highest BCUT2D eigenvalue weighted by molar-refractivity contribution is 7.72. The summed E-state index contributed by atoms with van der Waals surface area (Å²) in [6, 6.07) is 12.7. The van der Waals surface area contributed by atoms with Crippen molar-refractivity contribution in [1.82, 2.24) is 4.57 Å². The molecule has 1 heterocycles. The number of pyridine rings is 1. The van der Waals surface area contributed by atoms with Gasteiger partial charge in [0, 0.05) is 22.8 Å². The first-order chi connectivity index (χ1) is 10.1. The Balaban J connectivity index is 2.53. The van der Waals surface area contributed by atoms with Gasteiger partial charge in [-0.25, -0.2) is 0 Å². The molecule has 0 radical (unpaired) electrons. The van der Waals surface area contributed by atoms with E-state index in [0.717, 1.165) is 22.9 Å². The zero-order valence-corrected chi connectivity index (χ0v) is 13.3. The summed E-state index contributed by atoms with van der Waals surface area (Å²) in [5.41, 5.74) is 10.8. The maximum atomic E-state index is 5.73. The summed E-state index contributed by atoms with van der Waals surface area (Å²) >= 11 is 5.73. The number of rotatable bonds is 3. The summed E-state index contributed by atoms with van der Waals surface area (Å²) < 4.78 is 3.34. The zero-order chi connectivity index (χ0) is 15.0. The molecule has 0 unspecified atom stereocenters. The molecule has 21 heavy (non-hydrogen) atoms. The third-order valence-corrected chi connectivity index (χ3v) is 4.68. The second-order valence-corrected chi connectivity index (χ2v) is 5.95. The second kappa shape index (κ2) is 5.58. The summed E-state index contributed by atoms with van der Waals surface area (Å²) in [7, 11) is 0. The minimum absolute atomic E-state index is 0.698. The first-order valence-electron chi connectivity index (χ1n) is 7.36. The normalized spacial score (nSPS) is 11.4. The number of nitrogens with two attached hydrogens (primary N) is 1. The Morgan fingerprint density at radius 2 is 1.81 bits per heavy atom.